The van der Waals surface area contributed by atoms with E-state index >= 15 is 0 Å². The fourth-order valence-electron chi connectivity index (χ4n) is 4.70. The summed E-state index contributed by atoms with van der Waals surface area (Å²) >= 11 is 0. The molecule has 4 rings (SSSR count). The molecule has 0 aromatic carbocycles. The van der Waals surface area contributed by atoms with Crippen LogP contribution in [-0.2, 0) is 9.53 Å². The number of amides is 2. The normalized spacial score (nSPS) is 29.9. The minimum atomic E-state index is -0.0694. The highest BCUT2D eigenvalue weighted by atomic mass is 16.5. The summed E-state index contributed by atoms with van der Waals surface area (Å²) in [6.45, 7) is 3.05. The van der Waals surface area contributed by atoms with Crippen LogP contribution in [0.5, 0.6) is 0 Å². The number of nitrogens with zero attached hydrogens (tertiary/aromatic N) is 3. The van der Waals surface area contributed by atoms with Gasteiger partial charge in [-0.25, -0.2) is 4.98 Å². The Balaban J connectivity index is 1.27. The van der Waals surface area contributed by atoms with Gasteiger partial charge in [-0.1, -0.05) is 0 Å². The lowest BCUT2D eigenvalue weighted by atomic mass is 9.98. The number of hydrogen-bond donors (Lipinski definition) is 0. The van der Waals surface area contributed by atoms with Gasteiger partial charge < -0.3 is 19.0 Å². The number of hydrogen-bond acceptors (Lipinski definition) is 5. The van der Waals surface area contributed by atoms with Gasteiger partial charge in [-0.2, -0.15) is 0 Å². The predicted octanol–water partition coefficient (Wildman–Crippen LogP) is 1.84. The van der Waals surface area contributed by atoms with Gasteiger partial charge in [-0.3, -0.25) is 9.59 Å². The second kappa shape index (κ2) is 6.78. The Bertz CT molecular complexity index is 610. The van der Waals surface area contributed by atoms with Crippen LogP contribution >= 0.6 is 0 Å². The van der Waals surface area contributed by atoms with Gasteiger partial charge in [0.15, 0.2) is 12.1 Å². The zero-order valence-electron chi connectivity index (χ0n) is 14.6. The molecule has 3 saturated heterocycles. The largest absolute Gasteiger partial charge is 0.451 e. The fourth-order valence-corrected chi connectivity index (χ4v) is 4.70. The van der Waals surface area contributed by atoms with Crippen LogP contribution in [0.25, 0.3) is 0 Å². The fraction of sp³-hybridized carbons (Fsp3) is 0.722. The minimum Gasteiger partial charge on any atom is -0.451 e. The smallest absolute Gasteiger partial charge is 0.275 e. The van der Waals surface area contributed by atoms with Crippen molar-refractivity contribution in [2.75, 3.05) is 13.1 Å². The van der Waals surface area contributed by atoms with Gasteiger partial charge >= 0.3 is 0 Å². The molecule has 0 spiro atoms. The van der Waals surface area contributed by atoms with Crippen LogP contribution in [0, 0.1) is 0 Å². The predicted molar refractivity (Wildman–Crippen MR) is 88.9 cm³/mol. The lowest BCUT2D eigenvalue weighted by Crippen LogP contribution is -2.49. The summed E-state index contributed by atoms with van der Waals surface area (Å²) in [5.41, 5.74) is 0.368. The molecule has 1 unspecified atom stereocenters. The topological polar surface area (TPSA) is 75.9 Å². The van der Waals surface area contributed by atoms with E-state index in [0.717, 1.165) is 38.5 Å². The lowest BCUT2D eigenvalue weighted by molar-refractivity contribution is -0.138. The third kappa shape index (κ3) is 3.29. The summed E-state index contributed by atoms with van der Waals surface area (Å²) in [5, 5.41) is 0. The first kappa shape index (κ1) is 16.6. The molecule has 3 aliphatic heterocycles. The Labute approximate surface area is 147 Å². The molecule has 136 valence electrons. The van der Waals surface area contributed by atoms with E-state index in [1.165, 1.54) is 12.7 Å². The molecule has 7 nitrogen and oxygen atoms in total. The number of ether oxygens (including phenoxy) is 1. The van der Waals surface area contributed by atoms with Crippen LogP contribution in [0.1, 0.15) is 55.9 Å². The first-order valence-corrected chi connectivity index (χ1v) is 9.23. The summed E-state index contributed by atoms with van der Waals surface area (Å²) in [4.78, 5) is 31.9. The zero-order chi connectivity index (χ0) is 17.4. The van der Waals surface area contributed by atoms with Gasteiger partial charge in [0.1, 0.15) is 6.26 Å². The Morgan fingerprint density at radius 1 is 1.12 bits per heavy atom. The Morgan fingerprint density at radius 3 is 2.36 bits per heavy atom. The van der Waals surface area contributed by atoms with E-state index in [1.54, 1.807) is 6.92 Å². The standard InChI is InChI=1S/C18H25N3O4/c1-12(22)21-13-2-3-14(21)9-16(8-13)25-15-4-6-20(7-5-15)18(23)17-10-24-11-19-17/h10-11,13-16H,2-9H2,1H3/t13-,14+,16?. The molecule has 1 aromatic heterocycles. The Hall–Kier alpha value is -1.89. The molecule has 2 bridgehead atoms. The molecule has 1 aromatic rings. The highest BCUT2D eigenvalue weighted by molar-refractivity contribution is 5.91. The lowest BCUT2D eigenvalue weighted by Gasteiger charge is -2.40. The molecule has 3 fully saturated rings. The van der Waals surface area contributed by atoms with E-state index < -0.39 is 0 Å². The van der Waals surface area contributed by atoms with Crippen molar-refractivity contribution in [1.29, 1.82) is 0 Å². The first-order chi connectivity index (χ1) is 12.1. The molecule has 25 heavy (non-hydrogen) atoms. The van der Waals surface area contributed by atoms with Gasteiger partial charge in [0.05, 0.1) is 12.2 Å². The number of carbonyl (C=O) groups excluding carboxylic acids is 2. The Morgan fingerprint density at radius 2 is 1.80 bits per heavy atom. The van der Waals surface area contributed by atoms with E-state index in [4.69, 9.17) is 9.15 Å². The number of oxazole rings is 1. The molecule has 0 aliphatic carbocycles. The number of fused-ring (bicyclic) bond motifs is 2. The molecule has 3 atom stereocenters. The van der Waals surface area contributed by atoms with E-state index in [1.807, 2.05) is 4.90 Å². The highest BCUT2D eigenvalue weighted by Crippen LogP contribution is 2.37. The van der Waals surface area contributed by atoms with E-state index in [2.05, 4.69) is 9.88 Å². The average molecular weight is 347 g/mol. The molecule has 4 heterocycles. The molecule has 3 aliphatic rings. The number of piperidine rings is 2. The van der Waals surface area contributed by atoms with Crippen molar-refractivity contribution in [3.8, 4) is 0 Å². The summed E-state index contributed by atoms with van der Waals surface area (Å²) in [6.07, 6.45) is 8.95. The van der Waals surface area contributed by atoms with Crippen molar-refractivity contribution < 1.29 is 18.7 Å². The summed E-state index contributed by atoms with van der Waals surface area (Å²) < 4.78 is 11.2. The van der Waals surface area contributed by atoms with E-state index in [0.29, 0.717) is 30.9 Å². The monoisotopic (exact) mass is 347 g/mol. The van der Waals surface area contributed by atoms with Crippen LogP contribution < -0.4 is 0 Å². The van der Waals surface area contributed by atoms with E-state index in [9.17, 15) is 9.59 Å². The van der Waals surface area contributed by atoms with Gasteiger partial charge in [0.25, 0.3) is 5.91 Å². The molecular formula is C18H25N3O4. The third-order valence-corrected chi connectivity index (χ3v) is 5.82. The van der Waals surface area contributed by atoms with Crippen molar-refractivity contribution in [2.24, 2.45) is 0 Å². The number of aromatic nitrogens is 1. The molecular weight excluding hydrogens is 322 g/mol. The molecule has 0 N–H and O–H groups in total. The maximum absolute atomic E-state index is 12.3. The van der Waals surface area contributed by atoms with Crippen LogP contribution in [0.3, 0.4) is 0 Å². The first-order valence-electron chi connectivity index (χ1n) is 9.23. The highest BCUT2D eigenvalue weighted by Gasteiger charge is 2.43. The summed E-state index contributed by atoms with van der Waals surface area (Å²) in [7, 11) is 0. The molecule has 0 saturated carbocycles. The second-order valence-electron chi connectivity index (χ2n) is 7.41. The maximum Gasteiger partial charge on any atom is 0.275 e. The van der Waals surface area contributed by atoms with Crippen LogP contribution in [0.2, 0.25) is 0 Å². The van der Waals surface area contributed by atoms with Crippen molar-refractivity contribution in [2.45, 2.75) is 69.7 Å². The van der Waals surface area contributed by atoms with Crippen molar-refractivity contribution >= 4 is 11.8 Å². The Kier molecular flexibility index (Phi) is 4.50. The second-order valence-corrected chi connectivity index (χ2v) is 7.41. The van der Waals surface area contributed by atoms with Crippen LogP contribution in [0.4, 0.5) is 0 Å². The van der Waals surface area contributed by atoms with Crippen molar-refractivity contribution in [3.05, 3.63) is 18.4 Å². The number of carbonyl (C=O) groups is 2. The van der Waals surface area contributed by atoms with Crippen molar-refractivity contribution in [3.63, 3.8) is 0 Å². The maximum atomic E-state index is 12.3. The molecule has 7 heteroatoms. The molecule has 0 radical (unpaired) electrons. The summed E-state index contributed by atoms with van der Waals surface area (Å²) in [5.74, 6) is 0.130. The average Bonchev–Trinajstić information content (AvgIpc) is 3.22. The molecule has 2 amide bonds. The van der Waals surface area contributed by atoms with Gasteiger partial charge in [-0.15, -0.1) is 0 Å². The number of rotatable bonds is 3. The van der Waals surface area contributed by atoms with Crippen molar-refractivity contribution in [1.82, 2.24) is 14.8 Å². The van der Waals surface area contributed by atoms with Gasteiger partial charge in [-0.05, 0) is 38.5 Å². The quantitative estimate of drug-likeness (QED) is 0.834. The minimum absolute atomic E-state index is 0.0694. The van der Waals surface area contributed by atoms with Crippen LogP contribution in [-0.4, -0.2) is 64.0 Å². The van der Waals surface area contributed by atoms with Gasteiger partial charge in [0, 0.05) is 32.1 Å². The van der Waals surface area contributed by atoms with Crippen LogP contribution in [0.15, 0.2) is 17.1 Å². The zero-order valence-corrected chi connectivity index (χ0v) is 14.6. The summed E-state index contributed by atoms with van der Waals surface area (Å²) in [6, 6.07) is 0.713. The third-order valence-electron chi connectivity index (χ3n) is 5.82. The SMILES string of the molecule is CC(=O)N1[C@@H]2CC[C@H]1CC(OC1CCN(C(=O)c3cocn3)CC1)C2. The van der Waals surface area contributed by atoms with Gasteiger partial charge in [0.2, 0.25) is 5.91 Å². The van der Waals surface area contributed by atoms with E-state index in [-0.39, 0.29) is 24.0 Å². The number of likely N-dealkylation sites (tertiary alicyclic amines) is 1.